The van der Waals surface area contributed by atoms with Crippen LogP contribution >= 0.6 is 24.0 Å². The van der Waals surface area contributed by atoms with Gasteiger partial charge in [0.1, 0.15) is 17.9 Å². The average molecular weight is 501 g/mol. The number of hydrogen-bond donors (Lipinski definition) is 1. The maximum absolute atomic E-state index is 6.00. The zero-order chi connectivity index (χ0) is 19.1. The lowest BCUT2D eigenvalue weighted by Gasteiger charge is -2.21. The zero-order valence-electron chi connectivity index (χ0n) is 17.1. The van der Waals surface area contributed by atoms with Gasteiger partial charge in [-0.3, -0.25) is 0 Å². The molecule has 1 fully saturated rings. The van der Waals surface area contributed by atoms with Gasteiger partial charge in [-0.2, -0.15) is 0 Å². The van der Waals surface area contributed by atoms with E-state index in [1.165, 1.54) is 10.9 Å². The summed E-state index contributed by atoms with van der Waals surface area (Å²) >= 11 is 0. The molecule has 28 heavy (non-hydrogen) atoms. The zero-order valence-corrected chi connectivity index (χ0v) is 19.4. The number of aliphatic imine (C=N–C) groups is 1. The Kier molecular flexibility index (Phi) is 9.53. The van der Waals surface area contributed by atoms with Gasteiger partial charge in [0.25, 0.3) is 0 Å². The average Bonchev–Trinajstić information content (AvgIpc) is 3.28. The molecule has 0 amide bonds. The van der Waals surface area contributed by atoms with Gasteiger partial charge in [-0.05, 0) is 26.3 Å². The molecule has 1 aliphatic heterocycles. The van der Waals surface area contributed by atoms with Crippen LogP contribution in [0.5, 0.6) is 0 Å². The summed E-state index contributed by atoms with van der Waals surface area (Å²) in [5, 5.41) is 4.59. The highest BCUT2D eigenvalue weighted by Gasteiger charge is 2.25. The molecule has 156 valence electrons. The number of furan rings is 1. The van der Waals surface area contributed by atoms with Gasteiger partial charge in [-0.1, -0.05) is 18.2 Å². The smallest absolute Gasteiger partial charge is 0.194 e. The lowest BCUT2D eigenvalue weighted by atomic mass is 10.1. The number of benzene rings is 1. The minimum atomic E-state index is 0. The molecule has 3 rings (SSSR count). The van der Waals surface area contributed by atoms with E-state index >= 15 is 0 Å². The van der Waals surface area contributed by atoms with Crippen LogP contribution < -0.4 is 5.32 Å². The van der Waals surface area contributed by atoms with Crippen molar-refractivity contribution < 1.29 is 13.9 Å². The number of ether oxygens (including phenoxy) is 2. The fourth-order valence-electron chi connectivity index (χ4n) is 3.50. The quantitative estimate of drug-likeness (QED) is 0.258. The van der Waals surface area contributed by atoms with Crippen molar-refractivity contribution in [1.82, 2.24) is 10.2 Å². The molecule has 2 heterocycles. The monoisotopic (exact) mass is 501 g/mol. The number of likely N-dealkylation sites (tertiary alicyclic amines) is 1. The van der Waals surface area contributed by atoms with Crippen LogP contribution in [0.1, 0.15) is 24.7 Å². The Morgan fingerprint density at radius 1 is 1.32 bits per heavy atom. The topological polar surface area (TPSA) is 59.2 Å². The molecule has 1 aromatic heterocycles. The van der Waals surface area contributed by atoms with Crippen molar-refractivity contribution in [3.8, 4) is 0 Å². The van der Waals surface area contributed by atoms with Crippen LogP contribution in [-0.2, 0) is 16.0 Å². The van der Waals surface area contributed by atoms with Crippen molar-refractivity contribution in [2.45, 2.75) is 26.8 Å². The molecule has 6 nitrogen and oxygen atoms in total. The lowest BCUT2D eigenvalue weighted by molar-refractivity contribution is 0.0536. The predicted octanol–water partition coefficient (Wildman–Crippen LogP) is 3.81. The highest BCUT2D eigenvalue weighted by Crippen LogP contribution is 2.25. The molecule has 7 heteroatoms. The maximum Gasteiger partial charge on any atom is 0.194 e. The summed E-state index contributed by atoms with van der Waals surface area (Å²) in [5.41, 5.74) is 2.11. The number of aryl methyl sites for hydroxylation is 1. The standard InChI is InChI=1S/C21H31N3O3.HI/c1-4-22-21(24-10-9-17(14-24)15-26-12-11-25-3)23-13-20-16(2)18-7-5-6-8-19(18)27-20;/h5-8,17H,4,9-15H2,1-3H3,(H,22,23);1H. The van der Waals surface area contributed by atoms with E-state index in [-0.39, 0.29) is 24.0 Å². The van der Waals surface area contributed by atoms with Crippen LogP contribution in [-0.4, -0.2) is 57.4 Å². The highest BCUT2D eigenvalue weighted by atomic mass is 127. The molecule has 1 aliphatic rings. The van der Waals surface area contributed by atoms with Crippen molar-refractivity contribution in [3.05, 3.63) is 35.6 Å². The summed E-state index contributed by atoms with van der Waals surface area (Å²) in [6, 6.07) is 8.15. The third kappa shape index (κ3) is 5.84. The maximum atomic E-state index is 6.00. The Labute approximate surface area is 184 Å². The lowest BCUT2D eigenvalue weighted by Crippen LogP contribution is -2.40. The fraction of sp³-hybridized carbons (Fsp3) is 0.571. The van der Waals surface area contributed by atoms with Gasteiger partial charge >= 0.3 is 0 Å². The van der Waals surface area contributed by atoms with E-state index in [2.05, 4.69) is 30.1 Å². The first-order chi connectivity index (χ1) is 13.2. The summed E-state index contributed by atoms with van der Waals surface area (Å²) < 4.78 is 16.7. The number of methoxy groups -OCH3 is 1. The van der Waals surface area contributed by atoms with E-state index in [9.17, 15) is 0 Å². The predicted molar refractivity (Wildman–Crippen MR) is 124 cm³/mol. The molecule has 1 atom stereocenters. The molecule has 0 spiro atoms. The van der Waals surface area contributed by atoms with Crippen LogP contribution in [0.2, 0.25) is 0 Å². The summed E-state index contributed by atoms with van der Waals surface area (Å²) in [6.45, 7) is 9.67. The van der Waals surface area contributed by atoms with Crippen LogP contribution in [0.3, 0.4) is 0 Å². The summed E-state index contributed by atoms with van der Waals surface area (Å²) in [7, 11) is 1.70. The minimum absolute atomic E-state index is 0. The van der Waals surface area contributed by atoms with Crippen LogP contribution in [0.4, 0.5) is 0 Å². The summed E-state index contributed by atoms with van der Waals surface area (Å²) in [4.78, 5) is 7.17. The van der Waals surface area contributed by atoms with E-state index in [0.29, 0.717) is 25.7 Å². The Balaban J connectivity index is 0.00000280. The van der Waals surface area contributed by atoms with Gasteiger partial charge in [0.15, 0.2) is 5.96 Å². The summed E-state index contributed by atoms with van der Waals surface area (Å²) in [5.74, 6) is 2.43. The second kappa shape index (κ2) is 11.6. The molecule has 1 N–H and O–H groups in total. The first kappa shape index (κ1) is 23.0. The summed E-state index contributed by atoms with van der Waals surface area (Å²) in [6.07, 6.45) is 1.13. The number of guanidine groups is 1. The number of nitrogens with one attached hydrogen (secondary N) is 1. The van der Waals surface area contributed by atoms with Crippen LogP contribution in [0.15, 0.2) is 33.7 Å². The SMILES string of the molecule is CCNC(=NCc1oc2ccccc2c1C)N1CCC(COCCOC)C1.I. The van der Waals surface area contributed by atoms with E-state index in [1.54, 1.807) is 7.11 Å². The molecule has 1 unspecified atom stereocenters. The number of hydrogen-bond acceptors (Lipinski definition) is 4. The molecule has 0 saturated carbocycles. The number of rotatable bonds is 8. The first-order valence-corrected chi connectivity index (χ1v) is 9.79. The Hall–Kier alpha value is -1.32. The number of nitrogens with zero attached hydrogens (tertiary/aromatic N) is 2. The van der Waals surface area contributed by atoms with Crippen molar-refractivity contribution >= 4 is 40.9 Å². The van der Waals surface area contributed by atoms with Crippen molar-refractivity contribution in [3.63, 3.8) is 0 Å². The molecular weight excluding hydrogens is 469 g/mol. The van der Waals surface area contributed by atoms with Gasteiger partial charge in [0.05, 0.1) is 19.8 Å². The molecule has 0 bridgehead atoms. The van der Waals surface area contributed by atoms with E-state index in [0.717, 1.165) is 50.0 Å². The van der Waals surface area contributed by atoms with Crippen molar-refractivity contribution in [2.24, 2.45) is 10.9 Å². The Bertz CT molecular complexity index is 762. The number of para-hydroxylation sites is 1. The van der Waals surface area contributed by atoms with Crippen LogP contribution in [0.25, 0.3) is 11.0 Å². The van der Waals surface area contributed by atoms with Gasteiger partial charge in [0, 0.05) is 43.6 Å². The van der Waals surface area contributed by atoms with Crippen molar-refractivity contribution in [2.75, 3.05) is 46.6 Å². The van der Waals surface area contributed by atoms with Gasteiger partial charge in [0.2, 0.25) is 0 Å². The largest absolute Gasteiger partial charge is 0.459 e. The van der Waals surface area contributed by atoms with E-state index in [4.69, 9.17) is 18.9 Å². The number of halogens is 1. The van der Waals surface area contributed by atoms with E-state index in [1.807, 2.05) is 18.2 Å². The third-order valence-electron chi connectivity index (χ3n) is 5.02. The Morgan fingerprint density at radius 2 is 2.14 bits per heavy atom. The molecule has 0 aliphatic carbocycles. The fourth-order valence-corrected chi connectivity index (χ4v) is 3.50. The second-order valence-electron chi connectivity index (χ2n) is 6.98. The van der Waals surface area contributed by atoms with Crippen molar-refractivity contribution in [1.29, 1.82) is 0 Å². The van der Waals surface area contributed by atoms with Gasteiger partial charge in [-0.25, -0.2) is 4.99 Å². The highest BCUT2D eigenvalue weighted by molar-refractivity contribution is 14.0. The van der Waals surface area contributed by atoms with Gasteiger partial charge in [-0.15, -0.1) is 24.0 Å². The number of fused-ring (bicyclic) bond motifs is 1. The molecule has 2 aromatic rings. The third-order valence-corrected chi connectivity index (χ3v) is 5.02. The minimum Gasteiger partial charge on any atom is -0.459 e. The molecular formula is C21H32IN3O3. The second-order valence-corrected chi connectivity index (χ2v) is 6.98. The normalized spacial score (nSPS) is 17.2. The van der Waals surface area contributed by atoms with Crippen LogP contribution in [0, 0.1) is 12.8 Å². The molecule has 1 saturated heterocycles. The first-order valence-electron chi connectivity index (χ1n) is 9.79. The molecule has 0 radical (unpaired) electrons. The Morgan fingerprint density at radius 3 is 2.89 bits per heavy atom. The molecule has 1 aromatic carbocycles. The van der Waals surface area contributed by atoms with E-state index < -0.39 is 0 Å². The van der Waals surface area contributed by atoms with Gasteiger partial charge < -0.3 is 24.1 Å².